The lowest BCUT2D eigenvalue weighted by molar-refractivity contribution is -0.134. The summed E-state index contributed by atoms with van der Waals surface area (Å²) in [6.07, 6.45) is 2.41. The van der Waals surface area contributed by atoms with Gasteiger partial charge >= 0.3 is 0 Å². The molecule has 4 N–H and O–H groups in total. The number of hydrogen-bond donors (Lipinski definition) is 4. The smallest absolute Gasteiger partial charge is 0.274 e. The van der Waals surface area contributed by atoms with Crippen molar-refractivity contribution >= 4 is 29.4 Å². The number of carbonyl (C=O) groups is 5. The summed E-state index contributed by atoms with van der Waals surface area (Å²) in [4.78, 5) is 72.4. The molecule has 4 amide bonds. The normalized spacial score (nSPS) is 17.7. The molecule has 1 aliphatic rings. The fourth-order valence-corrected chi connectivity index (χ4v) is 5.54. The zero-order valence-electron chi connectivity index (χ0n) is 29.5. The molecule has 13 nitrogen and oxygen atoms in total. The van der Waals surface area contributed by atoms with Gasteiger partial charge in [-0.2, -0.15) is 0 Å². The average Bonchev–Trinajstić information content (AvgIpc) is 3.68. The van der Waals surface area contributed by atoms with Gasteiger partial charge in [0.2, 0.25) is 17.7 Å². The molecule has 1 fully saturated rings. The highest BCUT2D eigenvalue weighted by atomic mass is 16.6. The summed E-state index contributed by atoms with van der Waals surface area (Å²) < 4.78 is 10.4. The fraction of sp³-hybridized carbons (Fsp3) is 0.486. The second kappa shape index (κ2) is 17.1. The first-order valence-corrected chi connectivity index (χ1v) is 17.0. The summed E-state index contributed by atoms with van der Waals surface area (Å²) >= 11 is 0. The lowest BCUT2D eigenvalue weighted by Crippen LogP contribution is -2.59. The molecule has 0 unspecified atom stereocenters. The molecule has 50 heavy (non-hydrogen) atoms. The lowest BCUT2D eigenvalue weighted by atomic mass is 9.93. The van der Waals surface area contributed by atoms with E-state index < -0.39 is 53.4 Å². The quantitative estimate of drug-likeness (QED) is 0.146. The molecule has 0 saturated carbocycles. The maximum Gasteiger partial charge on any atom is 0.274 e. The molecule has 0 bridgehead atoms. The number of hydrogen-bond acceptors (Lipinski definition) is 9. The van der Waals surface area contributed by atoms with Crippen LogP contribution in [0.5, 0.6) is 0 Å². The van der Waals surface area contributed by atoms with Crippen molar-refractivity contribution in [2.24, 2.45) is 11.8 Å². The number of aryl methyl sites for hydroxylation is 1. The van der Waals surface area contributed by atoms with Crippen LogP contribution >= 0.6 is 0 Å². The van der Waals surface area contributed by atoms with Crippen LogP contribution in [0.25, 0.3) is 0 Å². The summed E-state index contributed by atoms with van der Waals surface area (Å²) in [6, 6.07) is 11.9. The Bertz CT molecular complexity index is 1620. The molecular weight excluding hydrogens is 640 g/mol. The topological polar surface area (TPSA) is 185 Å². The van der Waals surface area contributed by atoms with Crippen LogP contribution < -0.4 is 21.3 Å². The van der Waals surface area contributed by atoms with Gasteiger partial charge in [-0.15, -0.1) is 0 Å². The van der Waals surface area contributed by atoms with Gasteiger partial charge in [0.25, 0.3) is 5.91 Å². The van der Waals surface area contributed by atoms with Gasteiger partial charge in [0, 0.05) is 30.8 Å². The van der Waals surface area contributed by atoms with Gasteiger partial charge in [0.15, 0.2) is 11.5 Å². The molecular formula is C37H48N6O7. The predicted molar refractivity (Wildman–Crippen MR) is 185 cm³/mol. The van der Waals surface area contributed by atoms with Crippen LogP contribution in [-0.2, 0) is 36.8 Å². The van der Waals surface area contributed by atoms with Crippen LogP contribution in [0.2, 0.25) is 0 Å². The number of Topliss-reactive ketones (excluding diaryl/α,β-unsaturated/α-hetero) is 1. The van der Waals surface area contributed by atoms with Crippen LogP contribution in [-0.4, -0.2) is 75.9 Å². The number of pyridine rings is 1. The van der Waals surface area contributed by atoms with Crippen molar-refractivity contribution < 1.29 is 33.2 Å². The van der Waals surface area contributed by atoms with Crippen LogP contribution in [0, 0.1) is 18.8 Å². The first kappa shape index (κ1) is 37.9. The molecule has 0 aliphatic carbocycles. The molecule has 3 aromatic rings. The largest absolute Gasteiger partial charge is 0.361 e. The van der Waals surface area contributed by atoms with Gasteiger partial charge in [-0.3, -0.25) is 29.0 Å². The summed E-state index contributed by atoms with van der Waals surface area (Å²) in [7, 11) is 0. The third-order valence-electron chi connectivity index (χ3n) is 8.32. The molecule has 0 spiro atoms. The molecule has 5 atom stereocenters. The minimum atomic E-state index is -1.12. The standard InChI is InChI=1S/C37H48N6O7/c1-22(2)16-27(32(44)37(6)21-49-37)39-34(46)29(19-25-12-8-7-9-13-25)41-33(45)28(17-23(3)4)40-35(47)30(20-26-14-10-11-15-38-26)42-36(48)31-18-24(5)50-43-31/h7-15,18,22-23,27-30H,16-17,19-21H2,1-6H3,(H,39,46)(H,40,47)(H,41,45)(H,42,48)/t27-,28-,29-,30-,37+/m0/s1. The van der Waals surface area contributed by atoms with Crippen molar-refractivity contribution in [3.63, 3.8) is 0 Å². The van der Waals surface area contributed by atoms with E-state index in [9.17, 15) is 24.0 Å². The van der Waals surface area contributed by atoms with Crippen LogP contribution in [0.3, 0.4) is 0 Å². The first-order valence-electron chi connectivity index (χ1n) is 17.0. The zero-order valence-corrected chi connectivity index (χ0v) is 29.5. The highest BCUT2D eigenvalue weighted by Gasteiger charge is 2.50. The maximum atomic E-state index is 14.0. The number of ketones is 1. The number of amides is 4. The highest BCUT2D eigenvalue weighted by molar-refractivity contribution is 5.99. The number of epoxide rings is 1. The van der Waals surface area contributed by atoms with E-state index in [2.05, 4.69) is 31.4 Å². The van der Waals surface area contributed by atoms with E-state index in [1.54, 1.807) is 38.2 Å². The third kappa shape index (κ3) is 11.1. The van der Waals surface area contributed by atoms with E-state index in [-0.39, 0.29) is 49.2 Å². The minimum Gasteiger partial charge on any atom is -0.361 e. The Hall–Kier alpha value is -4.91. The third-order valence-corrected chi connectivity index (χ3v) is 8.32. The van der Waals surface area contributed by atoms with E-state index in [0.29, 0.717) is 17.9 Å². The number of nitrogens with one attached hydrogen (secondary N) is 4. The van der Waals surface area contributed by atoms with E-state index in [0.717, 1.165) is 5.56 Å². The van der Waals surface area contributed by atoms with Crippen molar-refractivity contribution in [1.82, 2.24) is 31.4 Å². The Labute approximate surface area is 292 Å². The summed E-state index contributed by atoms with van der Waals surface area (Å²) in [5.41, 5.74) is 0.405. The second-order valence-corrected chi connectivity index (χ2v) is 13.9. The van der Waals surface area contributed by atoms with E-state index in [1.807, 2.05) is 58.0 Å². The van der Waals surface area contributed by atoms with Gasteiger partial charge in [-0.1, -0.05) is 69.2 Å². The molecule has 0 radical (unpaired) electrons. The molecule has 2 aromatic heterocycles. The van der Waals surface area contributed by atoms with Crippen molar-refractivity contribution in [3.8, 4) is 0 Å². The van der Waals surface area contributed by atoms with Gasteiger partial charge in [-0.05, 0) is 56.2 Å². The maximum absolute atomic E-state index is 14.0. The molecule has 1 saturated heterocycles. The van der Waals surface area contributed by atoms with Crippen molar-refractivity contribution in [3.05, 3.63) is 83.5 Å². The summed E-state index contributed by atoms with van der Waals surface area (Å²) in [6.45, 7) is 11.4. The van der Waals surface area contributed by atoms with Crippen LogP contribution in [0.15, 0.2) is 65.3 Å². The SMILES string of the molecule is Cc1cc(C(=O)N[C@@H](Cc2ccccn2)C(=O)N[C@@H](CC(C)C)C(=O)N[C@@H](Cc2ccccc2)C(=O)N[C@@H](CC(C)C)C(=O)[C@@]2(C)CO2)no1. The first-order chi connectivity index (χ1) is 23.7. The zero-order chi connectivity index (χ0) is 36.4. The number of benzene rings is 1. The average molecular weight is 689 g/mol. The van der Waals surface area contributed by atoms with E-state index >= 15 is 0 Å². The van der Waals surface area contributed by atoms with Gasteiger partial charge < -0.3 is 30.5 Å². The fourth-order valence-electron chi connectivity index (χ4n) is 5.54. The van der Waals surface area contributed by atoms with Crippen LogP contribution in [0.1, 0.15) is 75.0 Å². The summed E-state index contributed by atoms with van der Waals surface area (Å²) in [5.74, 6) is -2.05. The Kier molecular flexibility index (Phi) is 13.0. The second-order valence-electron chi connectivity index (χ2n) is 13.9. The van der Waals surface area contributed by atoms with E-state index in [4.69, 9.17) is 9.26 Å². The molecule has 1 aromatic carbocycles. The number of nitrogens with zero attached hydrogens (tertiary/aromatic N) is 2. The van der Waals surface area contributed by atoms with E-state index in [1.165, 1.54) is 6.07 Å². The van der Waals surface area contributed by atoms with Gasteiger partial charge in [0.05, 0.1) is 12.6 Å². The minimum absolute atomic E-state index is 0.00375. The van der Waals surface area contributed by atoms with Crippen LogP contribution in [0.4, 0.5) is 0 Å². The summed E-state index contributed by atoms with van der Waals surface area (Å²) in [5, 5.41) is 15.0. The van der Waals surface area contributed by atoms with Crippen molar-refractivity contribution in [1.29, 1.82) is 0 Å². The number of carbonyl (C=O) groups excluding carboxylic acids is 5. The number of rotatable bonds is 18. The Morgan fingerprint density at radius 1 is 0.760 bits per heavy atom. The Morgan fingerprint density at radius 3 is 1.88 bits per heavy atom. The van der Waals surface area contributed by atoms with Crippen molar-refractivity contribution in [2.45, 2.75) is 97.0 Å². The molecule has 4 rings (SSSR count). The Balaban J connectivity index is 1.55. The number of ether oxygens (including phenoxy) is 1. The van der Waals surface area contributed by atoms with Gasteiger partial charge in [-0.25, -0.2) is 0 Å². The predicted octanol–water partition coefficient (Wildman–Crippen LogP) is 2.87. The Morgan fingerprint density at radius 2 is 1.32 bits per heavy atom. The van der Waals surface area contributed by atoms with Gasteiger partial charge in [0.1, 0.15) is 29.5 Å². The molecule has 1 aliphatic heterocycles. The molecule has 13 heteroatoms. The number of aromatic nitrogens is 2. The lowest BCUT2D eigenvalue weighted by Gasteiger charge is -2.28. The molecule has 268 valence electrons. The molecule has 3 heterocycles. The monoisotopic (exact) mass is 688 g/mol. The highest BCUT2D eigenvalue weighted by Crippen LogP contribution is 2.29. The van der Waals surface area contributed by atoms with Crippen molar-refractivity contribution in [2.75, 3.05) is 6.61 Å².